The molecule has 0 amide bonds. The standard InChI is InChI=1S/C14H19N3O2/c1-9(2)17(8-14(18)19-5)13-6-10(3)16-11(4)12(13)7-15/h6,9H,8H2,1-5H3. The normalized spacial score (nSPS) is 10.2. The minimum Gasteiger partial charge on any atom is -0.468 e. The SMILES string of the molecule is COC(=O)CN(c1cc(C)nc(C)c1C#N)C(C)C. The number of anilines is 1. The second-order valence-corrected chi connectivity index (χ2v) is 4.65. The molecule has 19 heavy (non-hydrogen) atoms. The molecule has 1 aromatic heterocycles. The van der Waals surface area contributed by atoms with Crippen LogP contribution in [-0.4, -0.2) is 30.6 Å². The lowest BCUT2D eigenvalue weighted by atomic mass is 10.1. The number of pyridine rings is 1. The molecule has 0 fully saturated rings. The van der Waals surface area contributed by atoms with Crippen molar-refractivity contribution in [1.29, 1.82) is 5.26 Å². The molecule has 0 spiro atoms. The van der Waals surface area contributed by atoms with E-state index in [0.717, 1.165) is 11.4 Å². The van der Waals surface area contributed by atoms with Crippen molar-refractivity contribution in [3.05, 3.63) is 23.0 Å². The summed E-state index contributed by atoms with van der Waals surface area (Å²) in [5, 5.41) is 9.28. The number of rotatable bonds is 4. The van der Waals surface area contributed by atoms with Crippen molar-refractivity contribution < 1.29 is 9.53 Å². The average molecular weight is 261 g/mol. The second kappa shape index (κ2) is 6.19. The highest BCUT2D eigenvalue weighted by molar-refractivity contribution is 5.77. The summed E-state index contributed by atoms with van der Waals surface area (Å²) in [6.07, 6.45) is 0. The van der Waals surface area contributed by atoms with E-state index in [9.17, 15) is 10.1 Å². The molecule has 1 rings (SSSR count). The van der Waals surface area contributed by atoms with Crippen LogP contribution in [-0.2, 0) is 9.53 Å². The largest absolute Gasteiger partial charge is 0.468 e. The summed E-state index contributed by atoms with van der Waals surface area (Å²) in [6.45, 7) is 7.72. The summed E-state index contributed by atoms with van der Waals surface area (Å²) < 4.78 is 4.71. The third kappa shape index (κ3) is 3.44. The summed E-state index contributed by atoms with van der Waals surface area (Å²) in [4.78, 5) is 17.6. The van der Waals surface area contributed by atoms with Crippen LogP contribution in [0.5, 0.6) is 0 Å². The Labute approximate surface area is 113 Å². The van der Waals surface area contributed by atoms with Crippen molar-refractivity contribution in [1.82, 2.24) is 4.98 Å². The van der Waals surface area contributed by atoms with Gasteiger partial charge in [-0.05, 0) is 33.8 Å². The predicted octanol–water partition coefficient (Wildman–Crippen LogP) is 1.96. The topological polar surface area (TPSA) is 66.2 Å². The molecule has 0 aromatic carbocycles. The molecule has 102 valence electrons. The van der Waals surface area contributed by atoms with E-state index in [2.05, 4.69) is 11.1 Å². The van der Waals surface area contributed by atoms with E-state index in [4.69, 9.17) is 4.74 Å². The van der Waals surface area contributed by atoms with Crippen LogP contribution in [0.15, 0.2) is 6.07 Å². The van der Waals surface area contributed by atoms with Gasteiger partial charge in [0.05, 0.1) is 24.1 Å². The molecule has 0 aliphatic heterocycles. The maximum atomic E-state index is 11.5. The van der Waals surface area contributed by atoms with Crippen LogP contribution in [0.25, 0.3) is 0 Å². The van der Waals surface area contributed by atoms with E-state index >= 15 is 0 Å². The van der Waals surface area contributed by atoms with Crippen LogP contribution in [0.4, 0.5) is 5.69 Å². The quantitative estimate of drug-likeness (QED) is 0.775. The van der Waals surface area contributed by atoms with E-state index in [1.165, 1.54) is 7.11 Å². The number of hydrogen-bond donors (Lipinski definition) is 0. The van der Waals surface area contributed by atoms with Gasteiger partial charge in [-0.2, -0.15) is 5.26 Å². The molecule has 1 heterocycles. The Kier molecular flexibility index (Phi) is 4.87. The molecule has 0 aliphatic rings. The first-order chi connectivity index (χ1) is 8.90. The molecule has 0 saturated carbocycles. The number of carbonyl (C=O) groups is 1. The molecular formula is C14H19N3O2. The van der Waals surface area contributed by atoms with Crippen molar-refractivity contribution in [3.63, 3.8) is 0 Å². The summed E-state index contributed by atoms with van der Waals surface area (Å²) >= 11 is 0. The van der Waals surface area contributed by atoms with Gasteiger partial charge in [-0.1, -0.05) is 0 Å². The van der Waals surface area contributed by atoms with Gasteiger partial charge < -0.3 is 9.64 Å². The van der Waals surface area contributed by atoms with Gasteiger partial charge in [0.25, 0.3) is 0 Å². The average Bonchev–Trinajstić information content (AvgIpc) is 2.34. The molecule has 0 aliphatic carbocycles. The van der Waals surface area contributed by atoms with Gasteiger partial charge in [0.2, 0.25) is 0 Å². The lowest BCUT2D eigenvalue weighted by Gasteiger charge is -2.29. The zero-order chi connectivity index (χ0) is 14.6. The highest BCUT2D eigenvalue weighted by Gasteiger charge is 2.20. The van der Waals surface area contributed by atoms with Gasteiger partial charge in [-0.15, -0.1) is 0 Å². The first-order valence-corrected chi connectivity index (χ1v) is 6.12. The highest BCUT2D eigenvalue weighted by atomic mass is 16.5. The summed E-state index contributed by atoms with van der Waals surface area (Å²) in [7, 11) is 1.36. The minimum absolute atomic E-state index is 0.0763. The van der Waals surface area contributed by atoms with E-state index < -0.39 is 0 Å². The van der Waals surface area contributed by atoms with Crippen LogP contribution < -0.4 is 4.90 Å². The zero-order valence-corrected chi connectivity index (χ0v) is 12.0. The van der Waals surface area contributed by atoms with Gasteiger partial charge >= 0.3 is 5.97 Å². The molecule has 0 N–H and O–H groups in total. The van der Waals surface area contributed by atoms with Crippen LogP contribution in [0.1, 0.15) is 30.8 Å². The van der Waals surface area contributed by atoms with Crippen molar-refractivity contribution in [3.8, 4) is 6.07 Å². The van der Waals surface area contributed by atoms with Crippen LogP contribution >= 0.6 is 0 Å². The fraction of sp³-hybridized carbons (Fsp3) is 0.500. The fourth-order valence-corrected chi connectivity index (χ4v) is 1.92. The number of aryl methyl sites for hydroxylation is 2. The number of esters is 1. The van der Waals surface area contributed by atoms with Crippen molar-refractivity contribution in [2.24, 2.45) is 0 Å². The molecule has 0 saturated heterocycles. The van der Waals surface area contributed by atoms with Crippen LogP contribution in [0.2, 0.25) is 0 Å². The number of aromatic nitrogens is 1. The Morgan fingerprint density at radius 2 is 2.16 bits per heavy atom. The van der Waals surface area contributed by atoms with Crippen LogP contribution in [0, 0.1) is 25.2 Å². The number of methoxy groups -OCH3 is 1. The Morgan fingerprint density at radius 1 is 1.53 bits per heavy atom. The monoisotopic (exact) mass is 261 g/mol. The van der Waals surface area contributed by atoms with Crippen LogP contribution in [0.3, 0.4) is 0 Å². The molecule has 5 heteroatoms. The number of nitrogens with zero attached hydrogens (tertiary/aromatic N) is 3. The van der Waals surface area contributed by atoms with Gasteiger partial charge in [0.15, 0.2) is 0 Å². The zero-order valence-electron chi connectivity index (χ0n) is 12.0. The molecule has 0 atom stereocenters. The third-order valence-corrected chi connectivity index (χ3v) is 2.88. The lowest BCUT2D eigenvalue weighted by molar-refractivity contribution is -0.139. The smallest absolute Gasteiger partial charge is 0.325 e. The molecule has 0 radical (unpaired) electrons. The number of nitriles is 1. The first-order valence-electron chi connectivity index (χ1n) is 6.12. The number of ether oxygens (including phenoxy) is 1. The Hall–Kier alpha value is -2.09. The van der Waals surface area contributed by atoms with E-state index in [1.54, 1.807) is 6.92 Å². The Balaban J connectivity index is 3.30. The molecule has 0 bridgehead atoms. The third-order valence-electron chi connectivity index (χ3n) is 2.88. The second-order valence-electron chi connectivity index (χ2n) is 4.65. The Bertz CT molecular complexity index is 518. The molecule has 1 aromatic rings. The van der Waals surface area contributed by atoms with Crippen molar-refractivity contribution in [2.45, 2.75) is 33.7 Å². The van der Waals surface area contributed by atoms with Crippen molar-refractivity contribution in [2.75, 3.05) is 18.6 Å². The summed E-state index contributed by atoms with van der Waals surface area (Å²) in [5.41, 5.74) is 2.73. The van der Waals surface area contributed by atoms with E-state index in [-0.39, 0.29) is 18.6 Å². The minimum atomic E-state index is -0.329. The predicted molar refractivity (Wildman–Crippen MR) is 72.9 cm³/mol. The van der Waals surface area contributed by atoms with Gasteiger partial charge in [-0.3, -0.25) is 9.78 Å². The maximum absolute atomic E-state index is 11.5. The maximum Gasteiger partial charge on any atom is 0.325 e. The van der Waals surface area contributed by atoms with Gasteiger partial charge in [0, 0.05) is 11.7 Å². The molecular weight excluding hydrogens is 242 g/mol. The number of hydrogen-bond acceptors (Lipinski definition) is 5. The van der Waals surface area contributed by atoms with E-state index in [0.29, 0.717) is 11.3 Å². The van der Waals surface area contributed by atoms with Gasteiger partial charge in [0.1, 0.15) is 12.6 Å². The molecule has 5 nitrogen and oxygen atoms in total. The summed E-state index contributed by atoms with van der Waals surface area (Å²) in [6, 6.07) is 4.07. The molecule has 0 unspecified atom stereocenters. The number of carbonyl (C=O) groups excluding carboxylic acids is 1. The summed E-state index contributed by atoms with van der Waals surface area (Å²) in [5.74, 6) is -0.329. The van der Waals surface area contributed by atoms with E-state index in [1.807, 2.05) is 31.7 Å². The van der Waals surface area contributed by atoms with Crippen molar-refractivity contribution >= 4 is 11.7 Å². The lowest BCUT2D eigenvalue weighted by Crippen LogP contribution is -2.37. The van der Waals surface area contributed by atoms with Gasteiger partial charge in [-0.25, -0.2) is 0 Å². The Morgan fingerprint density at radius 3 is 2.63 bits per heavy atom. The first kappa shape index (κ1) is 15.0. The fourth-order valence-electron chi connectivity index (χ4n) is 1.92. The highest BCUT2D eigenvalue weighted by Crippen LogP contribution is 2.25.